The van der Waals surface area contributed by atoms with E-state index in [1.165, 1.54) is 7.11 Å². The molecule has 0 radical (unpaired) electrons. The van der Waals surface area contributed by atoms with Crippen LogP contribution >= 0.6 is 0 Å². The molecule has 0 bridgehead atoms. The van der Waals surface area contributed by atoms with Gasteiger partial charge in [0.05, 0.1) is 29.4 Å². The van der Waals surface area contributed by atoms with Crippen molar-refractivity contribution in [2.45, 2.75) is 20.4 Å². The summed E-state index contributed by atoms with van der Waals surface area (Å²) < 4.78 is 8.37. The number of carbonyl (C=O) groups is 1. The molecule has 0 atom stereocenters. The molecule has 0 aliphatic heterocycles. The van der Waals surface area contributed by atoms with E-state index in [1.807, 2.05) is 30.8 Å². The minimum absolute atomic E-state index is 0.403. The Morgan fingerprint density at radius 1 is 1.32 bits per heavy atom. The molecule has 0 aliphatic carbocycles. The molecular weight excluding hydrogens is 282 g/mol. The molecule has 0 spiro atoms. The maximum Gasteiger partial charge on any atom is 0.338 e. The van der Waals surface area contributed by atoms with Gasteiger partial charge in [-0.15, -0.1) is 0 Å². The van der Waals surface area contributed by atoms with Gasteiger partial charge in [0, 0.05) is 19.8 Å². The van der Waals surface area contributed by atoms with Crippen molar-refractivity contribution in [2.75, 3.05) is 7.11 Å². The standard InChI is InChI=1S/C15H17N5O2/c1-5-20-7-6-11(18-20)12-8-10(15(21)22-4)13-9(2)17-19(3)14(13)16-12/h6-8H,5H2,1-4H3. The van der Waals surface area contributed by atoms with Crippen LogP contribution in [0.5, 0.6) is 0 Å². The SMILES string of the molecule is CCn1ccc(-c2cc(C(=O)OC)c3c(C)nn(C)c3n2)n1. The van der Waals surface area contributed by atoms with E-state index in [-0.39, 0.29) is 0 Å². The molecule has 0 N–H and O–H groups in total. The van der Waals surface area contributed by atoms with Crippen LogP contribution in [0.3, 0.4) is 0 Å². The van der Waals surface area contributed by atoms with Crippen LogP contribution in [0.2, 0.25) is 0 Å². The topological polar surface area (TPSA) is 74.8 Å². The summed E-state index contributed by atoms with van der Waals surface area (Å²) in [5, 5.41) is 9.50. The van der Waals surface area contributed by atoms with Crippen LogP contribution in [0, 0.1) is 6.92 Å². The van der Waals surface area contributed by atoms with Crippen LogP contribution in [0.4, 0.5) is 0 Å². The van der Waals surface area contributed by atoms with Crippen LogP contribution in [-0.4, -0.2) is 37.6 Å². The molecule has 22 heavy (non-hydrogen) atoms. The zero-order valence-electron chi connectivity index (χ0n) is 13.0. The Balaban J connectivity index is 2.28. The van der Waals surface area contributed by atoms with Gasteiger partial charge in [-0.2, -0.15) is 10.2 Å². The first-order valence-electron chi connectivity index (χ1n) is 7.01. The summed E-state index contributed by atoms with van der Waals surface area (Å²) >= 11 is 0. The van der Waals surface area contributed by atoms with Crippen LogP contribution in [-0.2, 0) is 18.3 Å². The first-order valence-corrected chi connectivity index (χ1v) is 7.01. The van der Waals surface area contributed by atoms with E-state index in [9.17, 15) is 4.79 Å². The number of aromatic nitrogens is 5. The van der Waals surface area contributed by atoms with Crippen LogP contribution in [0.1, 0.15) is 23.0 Å². The molecule has 114 valence electrons. The third-order valence-corrected chi connectivity index (χ3v) is 3.60. The van der Waals surface area contributed by atoms with Crippen molar-refractivity contribution in [1.29, 1.82) is 0 Å². The number of ether oxygens (including phenoxy) is 1. The fraction of sp³-hybridized carbons (Fsp3) is 0.333. The molecule has 7 heteroatoms. The molecule has 3 aromatic heterocycles. The van der Waals surface area contributed by atoms with E-state index in [2.05, 4.69) is 15.2 Å². The van der Waals surface area contributed by atoms with Gasteiger partial charge in [0.25, 0.3) is 0 Å². The molecule has 0 unspecified atom stereocenters. The molecule has 3 heterocycles. The predicted molar refractivity (Wildman–Crippen MR) is 81.5 cm³/mol. The van der Waals surface area contributed by atoms with Gasteiger partial charge in [0.1, 0.15) is 5.69 Å². The second-order valence-electron chi connectivity index (χ2n) is 5.01. The molecule has 0 aliphatic rings. The van der Waals surface area contributed by atoms with E-state index in [4.69, 9.17) is 4.74 Å². The average Bonchev–Trinajstić information content (AvgIpc) is 3.11. The van der Waals surface area contributed by atoms with Crippen LogP contribution in [0.25, 0.3) is 22.4 Å². The van der Waals surface area contributed by atoms with Crippen LogP contribution in [0.15, 0.2) is 18.3 Å². The maximum atomic E-state index is 12.1. The highest BCUT2D eigenvalue weighted by atomic mass is 16.5. The van der Waals surface area contributed by atoms with E-state index in [0.717, 1.165) is 12.2 Å². The molecule has 0 saturated heterocycles. The van der Waals surface area contributed by atoms with Gasteiger partial charge in [0.2, 0.25) is 0 Å². The number of methoxy groups -OCH3 is 1. The van der Waals surface area contributed by atoms with Gasteiger partial charge in [-0.05, 0) is 26.0 Å². The Labute approximate surface area is 127 Å². The summed E-state index contributed by atoms with van der Waals surface area (Å²) in [7, 11) is 3.17. The second-order valence-corrected chi connectivity index (χ2v) is 5.01. The van der Waals surface area contributed by atoms with Crippen molar-refractivity contribution >= 4 is 17.0 Å². The lowest BCUT2D eigenvalue weighted by molar-refractivity contribution is 0.0603. The molecule has 0 fully saturated rings. The maximum absolute atomic E-state index is 12.1. The minimum Gasteiger partial charge on any atom is -0.465 e. The van der Waals surface area contributed by atoms with Crippen molar-refractivity contribution in [2.24, 2.45) is 7.05 Å². The van der Waals surface area contributed by atoms with Crippen molar-refractivity contribution in [3.05, 3.63) is 29.6 Å². The first-order chi connectivity index (χ1) is 10.5. The number of fused-ring (bicyclic) bond motifs is 1. The van der Waals surface area contributed by atoms with Gasteiger partial charge in [0.15, 0.2) is 5.65 Å². The first kappa shape index (κ1) is 14.2. The Bertz CT molecular complexity index is 862. The number of esters is 1. The van der Waals surface area contributed by atoms with Crippen molar-refractivity contribution < 1.29 is 9.53 Å². The lowest BCUT2D eigenvalue weighted by Crippen LogP contribution is -2.05. The highest BCUT2D eigenvalue weighted by Crippen LogP contribution is 2.26. The van der Waals surface area contributed by atoms with E-state index in [0.29, 0.717) is 28.0 Å². The van der Waals surface area contributed by atoms with Gasteiger partial charge < -0.3 is 4.74 Å². The van der Waals surface area contributed by atoms with E-state index >= 15 is 0 Å². The number of hydrogen-bond donors (Lipinski definition) is 0. The summed E-state index contributed by atoms with van der Waals surface area (Å²) in [6.07, 6.45) is 1.88. The lowest BCUT2D eigenvalue weighted by atomic mass is 10.1. The quantitative estimate of drug-likeness (QED) is 0.691. The van der Waals surface area contributed by atoms with Crippen molar-refractivity contribution in [3.63, 3.8) is 0 Å². The molecule has 3 rings (SSSR count). The van der Waals surface area contributed by atoms with Crippen LogP contribution < -0.4 is 0 Å². The fourth-order valence-corrected chi connectivity index (χ4v) is 2.52. The van der Waals surface area contributed by atoms with Gasteiger partial charge in [-0.1, -0.05) is 0 Å². The lowest BCUT2D eigenvalue weighted by Gasteiger charge is -2.05. The third-order valence-electron chi connectivity index (χ3n) is 3.60. The van der Waals surface area contributed by atoms with Crippen molar-refractivity contribution in [1.82, 2.24) is 24.5 Å². The predicted octanol–water partition coefficient (Wildman–Crippen LogP) is 1.95. The Kier molecular flexibility index (Phi) is 3.40. The van der Waals surface area contributed by atoms with Gasteiger partial charge >= 0.3 is 5.97 Å². The molecule has 0 amide bonds. The van der Waals surface area contributed by atoms with E-state index < -0.39 is 5.97 Å². The molecule has 7 nitrogen and oxygen atoms in total. The molecule has 0 aromatic carbocycles. The smallest absolute Gasteiger partial charge is 0.338 e. The number of carbonyl (C=O) groups excluding carboxylic acids is 1. The second kappa shape index (κ2) is 5.25. The molecule has 3 aromatic rings. The summed E-state index contributed by atoms with van der Waals surface area (Å²) in [4.78, 5) is 16.7. The number of hydrogen-bond acceptors (Lipinski definition) is 5. The zero-order valence-corrected chi connectivity index (χ0v) is 13.0. The number of nitrogens with zero attached hydrogens (tertiary/aromatic N) is 5. The summed E-state index contributed by atoms with van der Waals surface area (Å²) in [6.45, 7) is 4.64. The highest BCUT2D eigenvalue weighted by molar-refractivity contribution is 6.04. The molecular formula is C15H17N5O2. The number of rotatable bonds is 3. The Hall–Kier alpha value is -2.70. The normalized spacial score (nSPS) is 11.1. The largest absolute Gasteiger partial charge is 0.465 e. The molecule has 0 saturated carbocycles. The number of aryl methyl sites for hydroxylation is 3. The Morgan fingerprint density at radius 3 is 2.73 bits per heavy atom. The van der Waals surface area contributed by atoms with Crippen molar-refractivity contribution in [3.8, 4) is 11.4 Å². The number of pyridine rings is 1. The summed E-state index contributed by atoms with van der Waals surface area (Å²) in [6, 6.07) is 3.59. The third kappa shape index (κ3) is 2.14. The zero-order chi connectivity index (χ0) is 15.9. The van der Waals surface area contributed by atoms with Gasteiger partial charge in [-0.25, -0.2) is 9.78 Å². The summed E-state index contributed by atoms with van der Waals surface area (Å²) in [5.41, 5.74) is 3.19. The van der Waals surface area contributed by atoms with Gasteiger partial charge in [-0.3, -0.25) is 9.36 Å². The summed E-state index contributed by atoms with van der Waals surface area (Å²) in [5.74, 6) is -0.403. The fourth-order valence-electron chi connectivity index (χ4n) is 2.52. The highest BCUT2D eigenvalue weighted by Gasteiger charge is 2.20. The Morgan fingerprint density at radius 2 is 2.09 bits per heavy atom. The minimum atomic E-state index is -0.403. The van der Waals surface area contributed by atoms with E-state index in [1.54, 1.807) is 17.8 Å². The monoisotopic (exact) mass is 299 g/mol. The average molecular weight is 299 g/mol.